The van der Waals surface area contributed by atoms with E-state index in [4.69, 9.17) is 19.9 Å². The second-order valence-corrected chi connectivity index (χ2v) is 7.53. The second kappa shape index (κ2) is 9.76. The number of nitrogens with zero attached hydrogens (tertiary/aromatic N) is 1. The van der Waals surface area contributed by atoms with Crippen LogP contribution in [0.3, 0.4) is 0 Å². The minimum atomic E-state index is -0.146. The minimum Gasteiger partial charge on any atom is -0.493 e. The van der Waals surface area contributed by atoms with Crippen LogP contribution in [0.4, 0.5) is 0 Å². The molecule has 0 aromatic heterocycles. The van der Waals surface area contributed by atoms with Crippen LogP contribution in [0.25, 0.3) is 0 Å². The number of methoxy groups -OCH3 is 1. The first-order valence-corrected chi connectivity index (χ1v) is 10.0. The van der Waals surface area contributed by atoms with Crippen molar-refractivity contribution in [3.05, 3.63) is 59.7 Å². The van der Waals surface area contributed by atoms with Gasteiger partial charge in [0.05, 0.1) is 19.8 Å². The molecular weight excluding hydrogens is 368 g/mol. The fourth-order valence-electron chi connectivity index (χ4n) is 3.45. The quantitative estimate of drug-likeness (QED) is 0.775. The average molecular weight is 399 g/mol. The topological polar surface area (TPSA) is 74.0 Å². The molecule has 6 nitrogen and oxygen atoms in total. The number of rotatable bonds is 7. The minimum absolute atomic E-state index is 0.0240. The summed E-state index contributed by atoms with van der Waals surface area (Å²) in [6.45, 7) is 6.05. The highest BCUT2D eigenvalue weighted by molar-refractivity contribution is 5.95. The van der Waals surface area contributed by atoms with Crippen LogP contribution in [0.1, 0.15) is 35.9 Å². The zero-order valence-electron chi connectivity index (χ0n) is 17.3. The van der Waals surface area contributed by atoms with E-state index < -0.39 is 0 Å². The Hall–Kier alpha value is -2.57. The Morgan fingerprint density at radius 2 is 1.93 bits per heavy atom. The number of carbonyl (C=O) groups is 1. The van der Waals surface area contributed by atoms with Crippen molar-refractivity contribution >= 4 is 5.91 Å². The van der Waals surface area contributed by atoms with Crippen molar-refractivity contribution in [2.45, 2.75) is 26.1 Å². The van der Waals surface area contributed by atoms with Gasteiger partial charge in [-0.25, -0.2) is 0 Å². The van der Waals surface area contributed by atoms with Gasteiger partial charge in [-0.2, -0.15) is 0 Å². The number of ether oxygens (including phenoxy) is 3. The summed E-state index contributed by atoms with van der Waals surface area (Å²) in [6.07, 6.45) is -0.170. The van der Waals surface area contributed by atoms with Gasteiger partial charge in [-0.3, -0.25) is 4.79 Å². The van der Waals surface area contributed by atoms with E-state index in [9.17, 15) is 4.79 Å². The van der Waals surface area contributed by atoms with Crippen molar-refractivity contribution in [2.24, 2.45) is 11.7 Å². The molecule has 0 spiro atoms. The maximum atomic E-state index is 13.3. The Balaban J connectivity index is 1.84. The summed E-state index contributed by atoms with van der Waals surface area (Å²) in [4.78, 5) is 15.2. The van der Waals surface area contributed by atoms with E-state index in [0.29, 0.717) is 49.2 Å². The average Bonchev–Trinajstić information content (AvgIpc) is 2.77. The summed E-state index contributed by atoms with van der Waals surface area (Å²) in [7, 11) is 1.58. The SMILES string of the molecule is COc1ccc(C(=O)N2C[C@@H](c3ccccc3)O[C@@H](C(C)C)C2)cc1OCCN. The number of hydrogen-bond acceptors (Lipinski definition) is 5. The van der Waals surface area contributed by atoms with E-state index in [1.807, 2.05) is 35.2 Å². The Kier molecular flexibility index (Phi) is 7.12. The summed E-state index contributed by atoms with van der Waals surface area (Å²) in [5.41, 5.74) is 7.19. The van der Waals surface area contributed by atoms with E-state index in [1.165, 1.54) is 0 Å². The third kappa shape index (κ3) is 5.08. The van der Waals surface area contributed by atoms with Crippen molar-refractivity contribution in [1.82, 2.24) is 4.90 Å². The van der Waals surface area contributed by atoms with E-state index >= 15 is 0 Å². The lowest BCUT2D eigenvalue weighted by molar-refractivity contribution is -0.0954. The molecule has 0 radical (unpaired) electrons. The van der Waals surface area contributed by atoms with Crippen molar-refractivity contribution in [3.8, 4) is 11.5 Å². The standard InChI is InChI=1S/C23H30N2O4/c1-16(2)21-14-25(15-22(29-21)17-7-5-4-6-8-17)23(26)18-9-10-19(27-3)20(13-18)28-12-11-24/h4-10,13,16,21-22H,11-12,14-15,24H2,1-3H3/t21-,22+/m1/s1. The van der Waals surface area contributed by atoms with Crippen LogP contribution in [-0.4, -0.2) is 50.3 Å². The molecule has 0 unspecified atom stereocenters. The van der Waals surface area contributed by atoms with Crippen LogP contribution in [-0.2, 0) is 4.74 Å². The molecule has 1 aliphatic heterocycles. The van der Waals surface area contributed by atoms with Crippen LogP contribution >= 0.6 is 0 Å². The zero-order valence-corrected chi connectivity index (χ0v) is 17.3. The molecule has 0 aliphatic carbocycles. The van der Waals surface area contributed by atoms with Gasteiger partial charge in [-0.1, -0.05) is 44.2 Å². The van der Waals surface area contributed by atoms with Crippen molar-refractivity contribution in [2.75, 3.05) is 33.4 Å². The van der Waals surface area contributed by atoms with Crippen LogP contribution in [0.2, 0.25) is 0 Å². The van der Waals surface area contributed by atoms with Crippen molar-refractivity contribution in [1.29, 1.82) is 0 Å². The molecule has 3 rings (SSSR count). The molecule has 2 atom stereocenters. The lowest BCUT2D eigenvalue weighted by Gasteiger charge is -2.40. The summed E-state index contributed by atoms with van der Waals surface area (Å²) in [6, 6.07) is 15.3. The van der Waals surface area contributed by atoms with Gasteiger partial charge in [0.15, 0.2) is 11.5 Å². The molecule has 0 bridgehead atoms. The number of carbonyl (C=O) groups excluding carboxylic acids is 1. The normalized spacial score (nSPS) is 19.3. The fraction of sp³-hybridized carbons (Fsp3) is 0.435. The molecule has 1 saturated heterocycles. The van der Waals surface area contributed by atoms with Gasteiger partial charge in [-0.05, 0) is 29.7 Å². The number of hydrogen-bond donors (Lipinski definition) is 1. The molecular formula is C23H30N2O4. The smallest absolute Gasteiger partial charge is 0.254 e. The summed E-state index contributed by atoms with van der Waals surface area (Å²) >= 11 is 0. The van der Waals surface area contributed by atoms with Gasteiger partial charge in [0, 0.05) is 18.7 Å². The van der Waals surface area contributed by atoms with Gasteiger partial charge in [-0.15, -0.1) is 0 Å². The van der Waals surface area contributed by atoms with Crippen LogP contribution in [0.15, 0.2) is 48.5 Å². The molecule has 2 N–H and O–H groups in total. The lowest BCUT2D eigenvalue weighted by atomic mass is 10.0. The molecule has 29 heavy (non-hydrogen) atoms. The molecule has 1 heterocycles. The van der Waals surface area contributed by atoms with Crippen LogP contribution in [0, 0.1) is 5.92 Å². The Labute approximate surface area is 172 Å². The molecule has 2 aromatic rings. The molecule has 6 heteroatoms. The van der Waals surface area contributed by atoms with Crippen LogP contribution < -0.4 is 15.2 Å². The van der Waals surface area contributed by atoms with E-state index in [1.54, 1.807) is 25.3 Å². The number of morpholine rings is 1. The molecule has 156 valence electrons. The van der Waals surface area contributed by atoms with Gasteiger partial charge in [0.2, 0.25) is 0 Å². The Bertz CT molecular complexity index is 810. The Morgan fingerprint density at radius 1 is 1.17 bits per heavy atom. The highest BCUT2D eigenvalue weighted by Gasteiger charge is 2.33. The van der Waals surface area contributed by atoms with Crippen molar-refractivity contribution < 1.29 is 19.0 Å². The first-order valence-electron chi connectivity index (χ1n) is 10.0. The number of nitrogens with two attached hydrogens (primary N) is 1. The third-order valence-electron chi connectivity index (χ3n) is 5.11. The highest BCUT2D eigenvalue weighted by atomic mass is 16.5. The molecule has 1 amide bonds. The number of benzene rings is 2. The molecule has 2 aromatic carbocycles. The lowest BCUT2D eigenvalue weighted by Crippen LogP contribution is -2.48. The van der Waals surface area contributed by atoms with E-state index in [-0.39, 0.29) is 18.1 Å². The second-order valence-electron chi connectivity index (χ2n) is 7.53. The maximum Gasteiger partial charge on any atom is 0.254 e. The van der Waals surface area contributed by atoms with Crippen LogP contribution in [0.5, 0.6) is 11.5 Å². The molecule has 1 aliphatic rings. The van der Waals surface area contributed by atoms with E-state index in [0.717, 1.165) is 5.56 Å². The van der Waals surface area contributed by atoms with Crippen molar-refractivity contribution in [3.63, 3.8) is 0 Å². The first-order chi connectivity index (χ1) is 14.0. The fourth-order valence-corrected chi connectivity index (χ4v) is 3.45. The first kappa shape index (κ1) is 21.1. The van der Waals surface area contributed by atoms with Gasteiger partial charge in [0.25, 0.3) is 5.91 Å². The Morgan fingerprint density at radius 3 is 2.59 bits per heavy atom. The monoisotopic (exact) mass is 398 g/mol. The highest BCUT2D eigenvalue weighted by Crippen LogP contribution is 2.31. The summed E-state index contributed by atoms with van der Waals surface area (Å²) < 4.78 is 17.3. The third-order valence-corrected chi connectivity index (χ3v) is 5.11. The van der Waals surface area contributed by atoms with Gasteiger partial charge >= 0.3 is 0 Å². The number of amides is 1. The zero-order chi connectivity index (χ0) is 20.8. The largest absolute Gasteiger partial charge is 0.493 e. The summed E-state index contributed by atoms with van der Waals surface area (Å²) in [5.74, 6) is 1.37. The van der Waals surface area contributed by atoms with E-state index in [2.05, 4.69) is 13.8 Å². The predicted octanol–water partition coefficient (Wildman–Crippen LogP) is 3.27. The summed E-state index contributed by atoms with van der Waals surface area (Å²) in [5, 5.41) is 0. The van der Waals surface area contributed by atoms with Gasteiger partial charge < -0.3 is 24.8 Å². The molecule has 0 saturated carbocycles. The molecule has 1 fully saturated rings. The predicted molar refractivity (Wildman–Crippen MR) is 112 cm³/mol. The van der Waals surface area contributed by atoms with Gasteiger partial charge in [0.1, 0.15) is 12.7 Å². The maximum absolute atomic E-state index is 13.3.